The van der Waals surface area contributed by atoms with E-state index in [2.05, 4.69) is 49.6 Å². The summed E-state index contributed by atoms with van der Waals surface area (Å²) >= 11 is 0. The molecular weight excluding hydrogens is 393 g/mol. The van der Waals surface area contributed by atoms with Crippen molar-refractivity contribution in [3.05, 3.63) is 59.4 Å². The number of hydrogen-bond acceptors (Lipinski definition) is 1. The zero-order valence-corrected chi connectivity index (χ0v) is 20.2. The fourth-order valence-electron chi connectivity index (χ4n) is 6.27. The van der Waals surface area contributed by atoms with E-state index in [1.54, 1.807) is 6.07 Å². The molecule has 1 N–H and O–H groups in total. The number of rotatable bonds is 8. The molecule has 2 aromatic carbocycles. The highest BCUT2D eigenvalue weighted by atomic mass is 19.1. The van der Waals surface area contributed by atoms with Crippen LogP contribution >= 0.6 is 0 Å². The van der Waals surface area contributed by atoms with E-state index >= 15 is 0 Å². The maximum Gasteiger partial charge on any atom is 0.131 e. The summed E-state index contributed by atoms with van der Waals surface area (Å²) in [5.74, 6) is 2.49. The molecular formula is C30H42FN. The lowest BCUT2D eigenvalue weighted by atomic mass is 9.69. The van der Waals surface area contributed by atoms with Gasteiger partial charge < -0.3 is 5.32 Å². The van der Waals surface area contributed by atoms with Gasteiger partial charge in [-0.15, -0.1) is 0 Å². The number of nitrogens with one attached hydrogen (secondary N) is 1. The van der Waals surface area contributed by atoms with Crippen LogP contribution in [0.4, 0.5) is 4.39 Å². The number of aryl methyl sites for hydroxylation is 1. The molecule has 0 atom stereocenters. The SMILES string of the molecule is CCCCCc1ccc(-c2ccc(C3CCC(C4CCC(NC)CC4)CC3)cc2)c(F)c1. The van der Waals surface area contributed by atoms with Gasteiger partial charge in [-0.05, 0) is 112 Å². The van der Waals surface area contributed by atoms with Crippen molar-refractivity contribution in [2.75, 3.05) is 7.05 Å². The van der Waals surface area contributed by atoms with Crippen molar-refractivity contribution in [2.24, 2.45) is 11.8 Å². The Hall–Kier alpha value is -1.67. The Kier molecular flexibility index (Phi) is 8.41. The first-order chi connectivity index (χ1) is 15.7. The first-order valence-electron chi connectivity index (χ1n) is 13.2. The molecule has 32 heavy (non-hydrogen) atoms. The molecule has 0 saturated heterocycles. The van der Waals surface area contributed by atoms with Crippen LogP contribution in [0, 0.1) is 17.7 Å². The highest BCUT2D eigenvalue weighted by Gasteiger charge is 2.30. The van der Waals surface area contributed by atoms with Crippen molar-refractivity contribution in [1.29, 1.82) is 0 Å². The third kappa shape index (κ3) is 5.81. The summed E-state index contributed by atoms with van der Waals surface area (Å²) in [7, 11) is 2.11. The Morgan fingerprint density at radius 3 is 2.06 bits per heavy atom. The van der Waals surface area contributed by atoms with Crippen molar-refractivity contribution in [1.82, 2.24) is 5.32 Å². The van der Waals surface area contributed by atoms with E-state index in [1.807, 2.05) is 6.07 Å². The second-order valence-electron chi connectivity index (χ2n) is 10.4. The largest absolute Gasteiger partial charge is 0.317 e. The van der Waals surface area contributed by atoms with Crippen molar-refractivity contribution in [2.45, 2.75) is 95.9 Å². The fourth-order valence-corrected chi connectivity index (χ4v) is 6.27. The Labute approximate surface area is 195 Å². The van der Waals surface area contributed by atoms with Gasteiger partial charge in [-0.1, -0.05) is 56.2 Å². The third-order valence-corrected chi connectivity index (χ3v) is 8.41. The molecule has 2 heteroatoms. The Bertz CT molecular complexity index is 826. The second-order valence-corrected chi connectivity index (χ2v) is 10.4. The van der Waals surface area contributed by atoms with Crippen molar-refractivity contribution in [3.8, 4) is 11.1 Å². The number of hydrogen-bond donors (Lipinski definition) is 1. The maximum absolute atomic E-state index is 14.8. The van der Waals surface area contributed by atoms with Gasteiger partial charge in [-0.25, -0.2) is 4.39 Å². The van der Waals surface area contributed by atoms with Crippen molar-refractivity contribution >= 4 is 0 Å². The van der Waals surface area contributed by atoms with Crippen LogP contribution in [0.1, 0.15) is 94.6 Å². The van der Waals surface area contributed by atoms with Gasteiger partial charge >= 0.3 is 0 Å². The molecule has 174 valence electrons. The van der Waals surface area contributed by atoms with Crippen molar-refractivity contribution < 1.29 is 4.39 Å². The summed E-state index contributed by atoms with van der Waals surface area (Å²) in [5.41, 5.74) is 4.30. The standard InChI is InChI=1S/C30H42FN/c1-3-4-5-6-22-7-20-29(30(31)21-22)27-14-12-25(13-15-27)23-8-10-24(11-9-23)26-16-18-28(32-2)19-17-26/h7,12-15,20-21,23-24,26,28,32H,3-6,8-11,16-19H2,1-2H3. The minimum absolute atomic E-state index is 0.0831. The Morgan fingerprint density at radius 2 is 1.47 bits per heavy atom. The van der Waals surface area contributed by atoms with E-state index in [-0.39, 0.29) is 5.82 Å². The molecule has 2 aliphatic rings. The van der Waals surface area contributed by atoms with Crippen LogP contribution in [0.3, 0.4) is 0 Å². The predicted octanol–water partition coefficient (Wildman–Crippen LogP) is 8.28. The molecule has 0 heterocycles. The molecule has 2 aliphatic carbocycles. The van der Waals surface area contributed by atoms with Gasteiger partial charge in [0.15, 0.2) is 0 Å². The zero-order valence-electron chi connectivity index (χ0n) is 20.2. The van der Waals surface area contributed by atoms with Gasteiger partial charge in [0.2, 0.25) is 0 Å². The quantitative estimate of drug-likeness (QED) is 0.411. The number of unbranched alkanes of at least 4 members (excludes halogenated alkanes) is 2. The van der Waals surface area contributed by atoms with Crippen LogP contribution in [-0.2, 0) is 6.42 Å². The lowest BCUT2D eigenvalue weighted by molar-refractivity contribution is 0.171. The van der Waals surface area contributed by atoms with E-state index in [9.17, 15) is 4.39 Å². The molecule has 0 radical (unpaired) electrons. The van der Waals surface area contributed by atoms with E-state index in [1.165, 1.54) is 69.8 Å². The second kappa shape index (κ2) is 11.5. The van der Waals surface area contributed by atoms with Crippen LogP contribution in [0.25, 0.3) is 11.1 Å². The molecule has 0 amide bonds. The monoisotopic (exact) mass is 435 g/mol. The van der Waals surface area contributed by atoms with Gasteiger partial charge in [0.05, 0.1) is 0 Å². The van der Waals surface area contributed by atoms with Gasteiger partial charge in [0, 0.05) is 11.6 Å². The summed E-state index contributed by atoms with van der Waals surface area (Å²) < 4.78 is 14.8. The van der Waals surface area contributed by atoms with E-state index in [0.29, 0.717) is 5.92 Å². The molecule has 0 bridgehead atoms. The topological polar surface area (TPSA) is 12.0 Å². The minimum atomic E-state index is -0.0831. The normalized spacial score (nSPS) is 26.2. The van der Waals surface area contributed by atoms with E-state index in [0.717, 1.165) is 47.4 Å². The number of halogens is 1. The summed E-state index contributed by atoms with van der Waals surface area (Å²) in [4.78, 5) is 0. The average Bonchev–Trinajstić information content (AvgIpc) is 2.85. The summed E-state index contributed by atoms with van der Waals surface area (Å²) in [6, 6.07) is 15.4. The van der Waals surface area contributed by atoms with Crippen LogP contribution in [-0.4, -0.2) is 13.1 Å². The average molecular weight is 436 g/mol. The molecule has 1 nitrogen and oxygen atoms in total. The zero-order chi connectivity index (χ0) is 22.3. The molecule has 2 saturated carbocycles. The molecule has 4 rings (SSSR count). The molecule has 0 aliphatic heterocycles. The maximum atomic E-state index is 14.8. The highest BCUT2D eigenvalue weighted by Crippen LogP contribution is 2.43. The Balaban J connectivity index is 1.31. The first-order valence-corrected chi connectivity index (χ1v) is 13.2. The molecule has 2 aromatic rings. The summed E-state index contributed by atoms with van der Waals surface area (Å²) in [6.45, 7) is 2.20. The first kappa shape index (κ1) is 23.5. The van der Waals surface area contributed by atoms with Crippen LogP contribution in [0.5, 0.6) is 0 Å². The number of benzene rings is 2. The van der Waals surface area contributed by atoms with Gasteiger partial charge in [0.25, 0.3) is 0 Å². The summed E-state index contributed by atoms with van der Waals surface area (Å²) in [5, 5.41) is 3.47. The molecule has 2 fully saturated rings. The third-order valence-electron chi connectivity index (χ3n) is 8.41. The smallest absolute Gasteiger partial charge is 0.131 e. The minimum Gasteiger partial charge on any atom is -0.317 e. The van der Waals surface area contributed by atoms with Gasteiger partial charge in [0.1, 0.15) is 5.82 Å². The predicted molar refractivity (Wildman–Crippen MR) is 135 cm³/mol. The molecule has 0 spiro atoms. The highest BCUT2D eigenvalue weighted by molar-refractivity contribution is 5.65. The van der Waals surface area contributed by atoms with Gasteiger partial charge in [-0.3, -0.25) is 0 Å². The lowest BCUT2D eigenvalue weighted by Gasteiger charge is -2.38. The van der Waals surface area contributed by atoms with Crippen molar-refractivity contribution in [3.63, 3.8) is 0 Å². The fraction of sp³-hybridized carbons (Fsp3) is 0.600. The van der Waals surface area contributed by atoms with Crippen LogP contribution < -0.4 is 5.32 Å². The molecule has 0 unspecified atom stereocenters. The lowest BCUT2D eigenvalue weighted by Crippen LogP contribution is -2.33. The van der Waals surface area contributed by atoms with Gasteiger partial charge in [-0.2, -0.15) is 0 Å². The summed E-state index contributed by atoms with van der Waals surface area (Å²) in [6.07, 6.45) is 15.5. The van der Waals surface area contributed by atoms with E-state index < -0.39 is 0 Å². The van der Waals surface area contributed by atoms with Crippen LogP contribution in [0.15, 0.2) is 42.5 Å². The molecule has 0 aromatic heterocycles. The van der Waals surface area contributed by atoms with E-state index in [4.69, 9.17) is 0 Å². The van der Waals surface area contributed by atoms with Crippen LogP contribution in [0.2, 0.25) is 0 Å². The Morgan fingerprint density at radius 1 is 0.812 bits per heavy atom.